The first-order valence-corrected chi connectivity index (χ1v) is 4.96. The van der Waals surface area contributed by atoms with Crippen LogP contribution >= 0.6 is 34.5 Å². The summed E-state index contributed by atoms with van der Waals surface area (Å²) in [5.41, 5.74) is 0.922. The predicted molar refractivity (Wildman–Crippen MR) is 54.4 cm³/mol. The Balaban J connectivity index is 2.88. The molecule has 2 rings (SSSR count). The maximum atomic E-state index is 5.91. The Morgan fingerprint density at radius 3 is 2.83 bits per heavy atom. The van der Waals surface area contributed by atoms with Crippen molar-refractivity contribution in [1.29, 1.82) is 0 Å². The Morgan fingerprint density at radius 2 is 2.08 bits per heavy atom. The van der Waals surface area contributed by atoms with Gasteiger partial charge in [-0.15, -0.1) is 11.3 Å². The van der Waals surface area contributed by atoms with Crippen LogP contribution in [0.4, 0.5) is 0 Å². The second-order valence-corrected chi connectivity index (χ2v) is 4.59. The fourth-order valence-electron chi connectivity index (χ4n) is 1.08. The van der Waals surface area contributed by atoms with E-state index in [-0.39, 0.29) is 0 Å². The molecule has 0 radical (unpaired) electrons. The van der Waals surface area contributed by atoms with E-state index < -0.39 is 0 Å². The van der Waals surface area contributed by atoms with Crippen LogP contribution in [-0.4, -0.2) is 4.98 Å². The lowest BCUT2D eigenvalue weighted by atomic mass is 10.3. The lowest BCUT2D eigenvalue weighted by Crippen LogP contribution is -1.79. The first-order valence-electron chi connectivity index (χ1n) is 3.39. The van der Waals surface area contributed by atoms with Gasteiger partial charge in [0.05, 0.1) is 4.34 Å². The van der Waals surface area contributed by atoms with Crippen LogP contribution < -0.4 is 0 Å². The molecule has 0 amide bonds. The molecule has 0 bridgehead atoms. The molecule has 0 aliphatic rings. The van der Waals surface area contributed by atoms with E-state index in [1.807, 2.05) is 19.1 Å². The zero-order valence-electron chi connectivity index (χ0n) is 6.27. The summed E-state index contributed by atoms with van der Waals surface area (Å²) in [5.74, 6) is 0. The molecule has 1 nitrogen and oxygen atoms in total. The molecule has 0 spiro atoms. The zero-order chi connectivity index (χ0) is 8.72. The Hall–Kier alpha value is -0.310. The van der Waals surface area contributed by atoms with Gasteiger partial charge in [-0.2, -0.15) is 0 Å². The van der Waals surface area contributed by atoms with Crippen molar-refractivity contribution in [2.24, 2.45) is 0 Å². The molecule has 0 aliphatic carbocycles. The van der Waals surface area contributed by atoms with Gasteiger partial charge in [-0.05, 0) is 19.1 Å². The quantitative estimate of drug-likeness (QED) is 0.611. The van der Waals surface area contributed by atoms with Crippen molar-refractivity contribution in [3.05, 3.63) is 27.3 Å². The van der Waals surface area contributed by atoms with E-state index >= 15 is 0 Å². The van der Waals surface area contributed by atoms with Crippen LogP contribution in [0, 0.1) is 6.92 Å². The van der Waals surface area contributed by atoms with E-state index in [4.69, 9.17) is 23.2 Å². The highest BCUT2D eigenvalue weighted by Crippen LogP contribution is 2.33. The number of hydrogen-bond acceptors (Lipinski definition) is 2. The minimum Gasteiger partial charge on any atom is -0.241 e. The Kier molecular flexibility index (Phi) is 1.99. The predicted octanol–water partition coefficient (Wildman–Crippen LogP) is 3.91. The molecule has 0 unspecified atom stereocenters. The van der Waals surface area contributed by atoms with Gasteiger partial charge in [0.25, 0.3) is 0 Å². The van der Waals surface area contributed by atoms with Crippen LogP contribution in [0.15, 0.2) is 12.1 Å². The van der Waals surface area contributed by atoms with Crippen LogP contribution in [-0.2, 0) is 0 Å². The van der Waals surface area contributed by atoms with Gasteiger partial charge >= 0.3 is 0 Å². The molecule has 0 fully saturated rings. The zero-order valence-corrected chi connectivity index (χ0v) is 8.59. The second-order valence-electron chi connectivity index (χ2n) is 2.52. The van der Waals surface area contributed by atoms with E-state index in [1.54, 1.807) is 0 Å². The molecule has 4 heteroatoms. The molecule has 62 valence electrons. The third-order valence-electron chi connectivity index (χ3n) is 1.57. The minimum atomic E-state index is 0.535. The number of aromatic nitrogens is 1. The molecule has 2 heterocycles. The smallest absolute Gasteiger partial charge is 0.138 e. The van der Waals surface area contributed by atoms with Crippen LogP contribution in [0.3, 0.4) is 0 Å². The van der Waals surface area contributed by atoms with Crippen LogP contribution in [0.25, 0.3) is 10.1 Å². The highest BCUT2D eigenvalue weighted by atomic mass is 35.5. The monoisotopic (exact) mass is 217 g/mol. The number of halogens is 2. The van der Waals surface area contributed by atoms with E-state index in [2.05, 4.69) is 4.98 Å². The molecule has 0 aliphatic heterocycles. The summed E-state index contributed by atoms with van der Waals surface area (Å²) in [6.45, 7) is 1.92. The first-order chi connectivity index (χ1) is 5.66. The molecular formula is C8H5Cl2NS. The molecule has 0 atom stereocenters. The van der Waals surface area contributed by atoms with Crippen LogP contribution in [0.1, 0.15) is 5.69 Å². The number of thiophene rings is 1. The van der Waals surface area contributed by atoms with Gasteiger partial charge in [0.15, 0.2) is 0 Å². The fraction of sp³-hybridized carbons (Fsp3) is 0.125. The van der Waals surface area contributed by atoms with Crippen LogP contribution in [0.2, 0.25) is 9.49 Å². The summed E-state index contributed by atoms with van der Waals surface area (Å²) in [4.78, 5) is 4.13. The number of nitrogens with zero attached hydrogens (tertiary/aromatic N) is 1. The van der Waals surface area contributed by atoms with Crippen molar-refractivity contribution in [2.45, 2.75) is 6.92 Å². The van der Waals surface area contributed by atoms with Crippen molar-refractivity contribution < 1.29 is 0 Å². The lowest BCUT2D eigenvalue weighted by molar-refractivity contribution is 1.23. The summed E-state index contributed by atoms with van der Waals surface area (Å²) in [6.07, 6.45) is 0. The van der Waals surface area contributed by atoms with Crippen molar-refractivity contribution >= 4 is 44.6 Å². The topological polar surface area (TPSA) is 12.9 Å². The molecule has 0 saturated carbocycles. The maximum absolute atomic E-state index is 5.91. The standard InChI is InChI=1S/C8H5Cl2NS/c1-4-2-6-5(8(10)11-4)3-7(9)12-6/h2-3H,1H3. The Labute approximate surface area is 83.9 Å². The molecule has 12 heavy (non-hydrogen) atoms. The summed E-state index contributed by atoms with van der Waals surface area (Å²) >= 11 is 13.3. The Morgan fingerprint density at radius 1 is 1.33 bits per heavy atom. The van der Waals surface area contributed by atoms with E-state index in [9.17, 15) is 0 Å². The largest absolute Gasteiger partial charge is 0.241 e. The van der Waals surface area contributed by atoms with Gasteiger partial charge in [0.1, 0.15) is 5.15 Å². The van der Waals surface area contributed by atoms with E-state index in [0.29, 0.717) is 5.15 Å². The molecule has 2 aromatic heterocycles. The molecule has 0 aromatic carbocycles. The highest BCUT2D eigenvalue weighted by molar-refractivity contribution is 7.22. The third-order valence-corrected chi connectivity index (χ3v) is 3.07. The van der Waals surface area contributed by atoms with Gasteiger partial charge in [-0.25, -0.2) is 4.98 Å². The average Bonchev–Trinajstić information content (AvgIpc) is 2.29. The summed E-state index contributed by atoms with van der Waals surface area (Å²) in [7, 11) is 0. The Bertz CT molecular complexity index is 436. The van der Waals surface area contributed by atoms with E-state index in [1.165, 1.54) is 11.3 Å². The average molecular weight is 218 g/mol. The molecule has 0 N–H and O–H groups in total. The van der Waals surface area contributed by atoms with Gasteiger partial charge in [0, 0.05) is 15.8 Å². The number of rotatable bonds is 0. The summed E-state index contributed by atoms with van der Waals surface area (Å²) < 4.78 is 1.84. The molecule has 2 aromatic rings. The normalized spacial score (nSPS) is 10.9. The summed E-state index contributed by atoms with van der Waals surface area (Å²) in [6, 6.07) is 3.83. The van der Waals surface area contributed by atoms with Crippen molar-refractivity contribution in [2.75, 3.05) is 0 Å². The number of aryl methyl sites for hydroxylation is 1. The van der Waals surface area contributed by atoms with E-state index in [0.717, 1.165) is 20.1 Å². The van der Waals surface area contributed by atoms with Crippen molar-refractivity contribution in [3.63, 3.8) is 0 Å². The van der Waals surface area contributed by atoms with Crippen LogP contribution in [0.5, 0.6) is 0 Å². The van der Waals surface area contributed by atoms with Crippen molar-refractivity contribution in [3.8, 4) is 0 Å². The van der Waals surface area contributed by atoms with Gasteiger partial charge in [-0.1, -0.05) is 23.2 Å². The fourth-order valence-corrected chi connectivity index (χ4v) is 2.67. The second kappa shape index (κ2) is 2.87. The number of pyridine rings is 1. The molecule has 0 saturated heterocycles. The highest BCUT2D eigenvalue weighted by Gasteiger charge is 2.05. The SMILES string of the molecule is Cc1cc2sc(Cl)cc2c(Cl)n1. The van der Waals surface area contributed by atoms with Crippen molar-refractivity contribution in [1.82, 2.24) is 4.98 Å². The third kappa shape index (κ3) is 1.30. The van der Waals surface area contributed by atoms with Gasteiger partial charge in [0.2, 0.25) is 0 Å². The number of hydrogen-bond donors (Lipinski definition) is 0. The first kappa shape index (κ1) is 8.30. The molecular weight excluding hydrogens is 213 g/mol. The maximum Gasteiger partial charge on any atom is 0.138 e. The van der Waals surface area contributed by atoms with Gasteiger partial charge < -0.3 is 0 Å². The lowest BCUT2D eigenvalue weighted by Gasteiger charge is -1.94. The van der Waals surface area contributed by atoms with Gasteiger partial charge in [-0.3, -0.25) is 0 Å². The summed E-state index contributed by atoms with van der Waals surface area (Å²) in [5, 5.41) is 1.48. The number of fused-ring (bicyclic) bond motifs is 1. The minimum absolute atomic E-state index is 0.535.